The normalized spacial score (nSPS) is 21.2. The lowest BCUT2D eigenvalue weighted by molar-refractivity contribution is -0.142. The Kier molecular flexibility index (Phi) is 3.14. The third-order valence-corrected chi connectivity index (χ3v) is 2.85. The quantitative estimate of drug-likeness (QED) is 0.819. The van der Waals surface area contributed by atoms with E-state index in [1.165, 1.54) is 0 Å². The molecule has 1 aromatic heterocycles. The number of likely N-dealkylation sites (tertiary alicyclic amines) is 1. The Hall–Kier alpha value is -1.49. The number of hydrogen-bond donors (Lipinski definition) is 1. The first kappa shape index (κ1) is 11.0. The molecule has 1 N–H and O–H groups in total. The maximum absolute atomic E-state index is 11.0. The molecule has 0 aliphatic carbocycles. The molecule has 0 aromatic carbocycles. The Balaban J connectivity index is 2.03. The van der Waals surface area contributed by atoms with Crippen molar-refractivity contribution in [1.29, 1.82) is 0 Å². The molecule has 1 aliphatic heterocycles. The molecule has 0 radical (unpaired) electrons. The summed E-state index contributed by atoms with van der Waals surface area (Å²) >= 11 is 0. The Morgan fingerprint density at radius 2 is 2.38 bits per heavy atom. The van der Waals surface area contributed by atoms with Crippen molar-refractivity contribution in [2.24, 2.45) is 0 Å². The first-order chi connectivity index (χ1) is 7.66. The van der Waals surface area contributed by atoms with Crippen molar-refractivity contribution in [3.63, 3.8) is 0 Å². The highest BCUT2D eigenvalue weighted by atomic mass is 16.4. The van der Waals surface area contributed by atoms with Crippen molar-refractivity contribution < 1.29 is 9.90 Å². The SMILES string of the molecule is Cc1cnc(CN2CCCC2C(=O)O)cn1. The van der Waals surface area contributed by atoms with Gasteiger partial charge in [0.25, 0.3) is 0 Å². The van der Waals surface area contributed by atoms with Crippen LogP contribution in [-0.4, -0.2) is 38.5 Å². The molecule has 0 amide bonds. The number of aliphatic carboxylic acids is 1. The third kappa shape index (κ3) is 2.36. The number of carboxylic acid groups (broad SMARTS) is 1. The maximum Gasteiger partial charge on any atom is 0.320 e. The highest BCUT2D eigenvalue weighted by molar-refractivity contribution is 5.73. The highest BCUT2D eigenvalue weighted by Gasteiger charge is 2.30. The summed E-state index contributed by atoms with van der Waals surface area (Å²) in [7, 11) is 0. The number of aryl methyl sites for hydroxylation is 1. The van der Waals surface area contributed by atoms with Crippen LogP contribution in [0.5, 0.6) is 0 Å². The maximum atomic E-state index is 11.0. The van der Waals surface area contributed by atoms with Gasteiger partial charge >= 0.3 is 5.97 Å². The van der Waals surface area contributed by atoms with Crippen LogP contribution < -0.4 is 0 Å². The minimum atomic E-state index is -0.738. The summed E-state index contributed by atoms with van der Waals surface area (Å²) in [6.45, 7) is 3.28. The summed E-state index contributed by atoms with van der Waals surface area (Å²) in [5, 5.41) is 9.03. The van der Waals surface area contributed by atoms with Crippen molar-refractivity contribution in [2.45, 2.75) is 32.4 Å². The first-order valence-corrected chi connectivity index (χ1v) is 5.41. The summed E-state index contributed by atoms with van der Waals surface area (Å²) in [5.41, 5.74) is 1.71. The summed E-state index contributed by atoms with van der Waals surface area (Å²) in [6, 6.07) is -0.358. The van der Waals surface area contributed by atoms with E-state index in [0.29, 0.717) is 6.54 Å². The molecule has 1 unspecified atom stereocenters. The van der Waals surface area contributed by atoms with Gasteiger partial charge in [-0.15, -0.1) is 0 Å². The first-order valence-electron chi connectivity index (χ1n) is 5.41. The number of aromatic nitrogens is 2. The van der Waals surface area contributed by atoms with Crippen LogP contribution >= 0.6 is 0 Å². The van der Waals surface area contributed by atoms with Crippen LogP contribution in [0, 0.1) is 6.92 Å². The molecule has 86 valence electrons. The minimum Gasteiger partial charge on any atom is -0.480 e. The van der Waals surface area contributed by atoms with E-state index in [0.717, 1.165) is 30.8 Å². The molecule has 2 rings (SSSR count). The zero-order valence-corrected chi connectivity index (χ0v) is 9.26. The second-order valence-corrected chi connectivity index (χ2v) is 4.12. The average Bonchev–Trinajstić information content (AvgIpc) is 2.69. The van der Waals surface area contributed by atoms with Crippen molar-refractivity contribution in [3.8, 4) is 0 Å². The average molecular weight is 221 g/mol. The molecule has 5 heteroatoms. The summed E-state index contributed by atoms with van der Waals surface area (Å²) < 4.78 is 0. The lowest BCUT2D eigenvalue weighted by atomic mass is 10.2. The van der Waals surface area contributed by atoms with Gasteiger partial charge in [0.2, 0.25) is 0 Å². The van der Waals surface area contributed by atoms with Crippen LogP contribution in [0.15, 0.2) is 12.4 Å². The molecule has 0 spiro atoms. The molecule has 0 saturated carbocycles. The van der Waals surface area contributed by atoms with Gasteiger partial charge in [0, 0.05) is 18.9 Å². The zero-order valence-electron chi connectivity index (χ0n) is 9.26. The van der Waals surface area contributed by atoms with Gasteiger partial charge in [-0.3, -0.25) is 19.7 Å². The second-order valence-electron chi connectivity index (χ2n) is 4.12. The van der Waals surface area contributed by atoms with Gasteiger partial charge in [0.05, 0.1) is 11.4 Å². The fraction of sp³-hybridized carbons (Fsp3) is 0.545. The van der Waals surface area contributed by atoms with Crippen molar-refractivity contribution >= 4 is 5.97 Å². The minimum absolute atomic E-state index is 0.358. The van der Waals surface area contributed by atoms with E-state index in [1.807, 2.05) is 11.8 Å². The fourth-order valence-corrected chi connectivity index (χ4v) is 2.00. The lowest BCUT2D eigenvalue weighted by Gasteiger charge is -2.20. The van der Waals surface area contributed by atoms with Crippen LogP contribution in [0.3, 0.4) is 0 Å². The largest absolute Gasteiger partial charge is 0.480 e. The molecular weight excluding hydrogens is 206 g/mol. The molecule has 1 aliphatic rings. The highest BCUT2D eigenvalue weighted by Crippen LogP contribution is 2.19. The van der Waals surface area contributed by atoms with E-state index in [1.54, 1.807) is 12.4 Å². The van der Waals surface area contributed by atoms with Gasteiger partial charge in [-0.2, -0.15) is 0 Å². The van der Waals surface area contributed by atoms with E-state index >= 15 is 0 Å². The predicted octanol–water partition coefficient (Wildman–Crippen LogP) is 0.834. The zero-order chi connectivity index (χ0) is 11.5. The Bertz CT molecular complexity index is 377. The van der Waals surface area contributed by atoms with Gasteiger partial charge in [-0.1, -0.05) is 0 Å². The Morgan fingerprint density at radius 1 is 1.56 bits per heavy atom. The summed E-state index contributed by atoms with van der Waals surface area (Å²) in [4.78, 5) is 21.3. The smallest absolute Gasteiger partial charge is 0.320 e. The molecule has 1 aromatic rings. The number of rotatable bonds is 3. The molecular formula is C11H15N3O2. The molecule has 1 atom stereocenters. The van der Waals surface area contributed by atoms with Crippen LogP contribution in [-0.2, 0) is 11.3 Å². The molecule has 1 saturated heterocycles. The van der Waals surface area contributed by atoms with E-state index in [2.05, 4.69) is 9.97 Å². The van der Waals surface area contributed by atoms with Gasteiger partial charge in [-0.25, -0.2) is 0 Å². The van der Waals surface area contributed by atoms with E-state index in [4.69, 9.17) is 5.11 Å². The van der Waals surface area contributed by atoms with Crippen LogP contribution in [0.2, 0.25) is 0 Å². The van der Waals surface area contributed by atoms with Crippen molar-refractivity contribution in [1.82, 2.24) is 14.9 Å². The molecule has 5 nitrogen and oxygen atoms in total. The number of carbonyl (C=O) groups is 1. The third-order valence-electron chi connectivity index (χ3n) is 2.85. The molecule has 16 heavy (non-hydrogen) atoms. The summed E-state index contributed by atoms with van der Waals surface area (Å²) in [5.74, 6) is -0.738. The molecule has 2 heterocycles. The lowest BCUT2D eigenvalue weighted by Crippen LogP contribution is -2.35. The fourth-order valence-electron chi connectivity index (χ4n) is 2.00. The summed E-state index contributed by atoms with van der Waals surface area (Å²) in [6.07, 6.45) is 5.10. The number of hydrogen-bond acceptors (Lipinski definition) is 4. The van der Waals surface area contributed by atoms with Crippen LogP contribution in [0.4, 0.5) is 0 Å². The van der Waals surface area contributed by atoms with Crippen molar-refractivity contribution in [3.05, 3.63) is 23.8 Å². The topological polar surface area (TPSA) is 66.3 Å². The monoisotopic (exact) mass is 221 g/mol. The van der Waals surface area contributed by atoms with Crippen LogP contribution in [0.25, 0.3) is 0 Å². The van der Waals surface area contributed by atoms with E-state index in [-0.39, 0.29) is 6.04 Å². The van der Waals surface area contributed by atoms with E-state index < -0.39 is 5.97 Å². The van der Waals surface area contributed by atoms with E-state index in [9.17, 15) is 4.79 Å². The number of carboxylic acids is 1. The van der Waals surface area contributed by atoms with Gasteiger partial charge in [0.15, 0.2) is 0 Å². The van der Waals surface area contributed by atoms with Gasteiger partial charge in [-0.05, 0) is 26.3 Å². The Morgan fingerprint density at radius 3 is 3.00 bits per heavy atom. The molecule has 1 fully saturated rings. The predicted molar refractivity (Wildman–Crippen MR) is 57.8 cm³/mol. The molecule has 0 bridgehead atoms. The number of nitrogens with zero attached hydrogens (tertiary/aromatic N) is 3. The second kappa shape index (κ2) is 4.57. The van der Waals surface area contributed by atoms with Crippen LogP contribution in [0.1, 0.15) is 24.2 Å². The Labute approximate surface area is 94.1 Å². The van der Waals surface area contributed by atoms with Gasteiger partial charge < -0.3 is 5.11 Å². The van der Waals surface area contributed by atoms with Gasteiger partial charge in [0.1, 0.15) is 6.04 Å². The standard InChI is InChI=1S/C11H15N3O2/c1-8-5-13-9(6-12-8)7-14-4-2-3-10(14)11(15)16/h5-6,10H,2-4,7H2,1H3,(H,15,16). The van der Waals surface area contributed by atoms with Crippen molar-refractivity contribution in [2.75, 3.05) is 6.54 Å².